The van der Waals surface area contributed by atoms with Crippen molar-refractivity contribution in [2.75, 3.05) is 31.5 Å². The fraction of sp³-hybridized carbons (Fsp3) is 0.586. The molecule has 0 unspecified atom stereocenters. The number of hydrogen-bond donors (Lipinski definition) is 3. The molecule has 2 aromatic rings. The highest BCUT2D eigenvalue weighted by Gasteiger charge is 2.35. The average Bonchev–Trinajstić information content (AvgIpc) is 3.78. The Labute approximate surface area is 247 Å². The zero-order chi connectivity index (χ0) is 28.4. The molecule has 0 bridgehead atoms. The predicted molar refractivity (Wildman–Crippen MR) is 161 cm³/mol. The number of halogens is 1. The summed E-state index contributed by atoms with van der Waals surface area (Å²) in [4.78, 5) is 47.9. The van der Waals surface area contributed by atoms with Gasteiger partial charge in [0.2, 0.25) is 5.91 Å². The van der Waals surface area contributed by atoms with E-state index < -0.39 is 11.2 Å². The molecule has 1 aromatic heterocycles. The molecule has 2 saturated carbocycles. The van der Waals surface area contributed by atoms with Crippen LogP contribution in [-0.2, 0) is 11.3 Å². The number of hydrogen-bond acceptors (Lipinski definition) is 7. The summed E-state index contributed by atoms with van der Waals surface area (Å²) < 4.78 is 1.47. The lowest BCUT2D eigenvalue weighted by Gasteiger charge is -2.37. The van der Waals surface area contributed by atoms with E-state index in [4.69, 9.17) is 11.5 Å². The molecule has 3 aliphatic rings. The number of nitrogens with two attached hydrogens (primary N) is 2. The van der Waals surface area contributed by atoms with Gasteiger partial charge >= 0.3 is 11.7 Å². The molecule has 5 rings (SSSR count). The van der Waals surface area contributed by atoms with Crippen molar-refractivity contribution in [1.29, 1.82) is 0 Å². The van der Waals surface area contributed by atoms with Gasteiger partial charge < -0.3 is 21.3 Å². The Balaban J connectivity index is 0.00000387. The van der Waals surface area contributed by atoms with Gasteiger partial charge in [0.05, 0.1) is 11.2 Å². The van der Waals surface area contributed by atoms with Gasteiger partial charge in [-0.15, -0.1) is 12.4 Å². The quantitative estimate of drug-likeness (QED) is 0.452. The van der Waals surface area contributed by atoms with Gasteiger partial charge in [0, 0.05) is 57.0 Å². The van der Waals surface area contributed by atoms with E-state index in [2.05, 4.69) is 27.3 Å². The molecule has 1 saturated heterocycles. The number of amides is 3. The first-order valence-electron chi connectivity index (χ1n) is 14.4. The van der Waals surface area contributed by atoms with Gasteiger partial charge in [0.15, 0.2) is 0 Å². The van der Waals surface area contributed by atoms with Gasteiger partial charge in [0.1, 0.15) is 5.82 Å². The smallest absolute Gasteiger partial charge is 0.338 e. The number of aromatic nitrogens is 2. The average molecular weight is 587 g/mol. The van der Waals surface area contributed by atoms with Crippen LogP contribution in [0.15, 0.2) is 41.3 Å². The molecule has 0 atom stereocenters. The van der Waals surface area contributed by atoms with Gasteiger partial charge in [-0.05, 0) is 76.1 Å². The molecular formula is C29H43ClN8O3. The van der Waals surface area contributed by atoms with Crippen LogP contribution in [0.5, 0.6) is 0 Å². The van der Waals surface area contributed by atoms with Crippen molar-refractivity contribution in [2.45, 2.75) is 82.6 Å². The van der Waals surface area contributed by atoms with Crippen LogP contribution in [-0.4, -0.2) is 86.0 Å². The van der Waals surface area contributed by atoms with Gasteiger partial charge in [-0.2, -0.15) is 4.98 Å². The summed E-state index contributed by atoms with van der Waals surface area (Å²) in [5, 5.41) is 2.71. The van der Waals surface area contributed by atoms with Crippen molar-refractivity contribution < 1.29 is 9.59 Å². The van der Waals surface area contributed by atoms with Crippen LogP contribution in [0.2, 0.25) is 0 Å². The van der Waals surface area contributed by atoms with E-state index in [0.717, 1.165) is 25.1 Å². The number of urea groups is 1. The molecule has 224 valence electrons. The normalized spacial score (nSPS) is 21.4. The molecule has 0 radical (unpaired) electrons. The number of carbonyl (C=O) groups is 2. The number of anilines is 1. The minimum Gasteiger partial charge on any atom is -0.338 e. The standard InChI is InChI=1S/C29H42N8O3.ClH/c1-29(2,31)26(38)34-15-17-35(18-16-34)27(39)32-25-13-14-36(28(40)33-25)22-7-3-20(4-8-22)19-37(24-11-12-24)23-9-5-21(30)6-10-23;/h3-4,7-8,13-14,21,23-24H,5-6,9-12,15-19,30-31H2,1-2H3,(H,32,33,39,40);1H. The van der Waals surface area contributed by atoms with E-state index in [9.17, 15) is 14.4 Å². The van der Waals surface area contributed by atoms with E-state index in [1.807, 2.05) is 12.1 Å². The van der Waals surface area contributed by atoms with Crippen LogP contribution in [0.25, 0.3) is 5.69 Å². The maximum absolute atomic E-state index is 12.8. The predicted octanol–water partition coefficient (Wildman–Crippen LogP) is 2.30. The molecule has 1 aliphatic heterocycles. The van der Waals surface area contributed by atoms with Crippen LogP contribution in [0.3, 0.4) is 0 Å². The van der Waals surface area contributed by atoms with Crippen LogP contribution < -0.4 is 22.5 Å². The van der Waals surface area contributed by atoms with E-state index >= 15 is 0 Å². The van der Waals surface area contributed by atoms with E-state index in [-0.39, 0.29) is 30.2 Å². The van der Waals surface area contributed by atoms with E-state index in [1.165, 1.54) is 35.8 Å². The molecule has 11 nitrogen and oxygen atoms in total. The Morgan fingerprint density at radius 3 is 2.05 bits per heavy atom. The zero-order valence-corrected chi connectivity index (χ0v) is 24.8. The number of rotatable bonds is 7. The number of benzene rings is 1. The van der Waals surface area contributed by atoms with Gasteiger partial charge in [-0.1, -0.05) is 12.1 Å². The first kappa shape index (κ1) is 31.0. The SMILES string of the molecule is CC(C)(N)C(=O)N1CCN(C(=O)Nc2ccn(-c3ccc(CN(C4CCC(N)CC4)C4CC4)cc3)c(=O)n2)CC1.Cl. The summed E-state index contributed by atoms with van der Waals surface area (Å²) >= 11 is 0. The summed E-state index contributed by atoms with van der Waals surface area (Å²) in [6.45, 7) is 5.83. The second-order valence-electron chi connectivity index (χ2n) is 12.0. The lowest BCUT2D eigenvalue weighted by atomic mass is 9.90. The molecule has 0 spiro atoms. The van der Waals surface area contributed by atoms with Crippen molar-refractivity contribution in [3.8, 4) is 5.69 Å². The van der Waals surface area contributed by atoms with Crippen molar-refractivity contribution in [1.82, 2.24) is 24.3 Å². The summed E-state index contributed by atoms with van der Waals surface area (Å²) in [6.07, 6.45) is 8.71. The van der Waals surface area contributed by atoms with Crippen LogP contribution in [0, 0.1) is 0 Å². The van der Waals surface area contributed by atoms with Crippen molar-refractivity contribution in [3.63, 3.8) is 0 Å². The summed E-state index contributed by atoms with van der Waals surface area (Å²) in [6, 6.07) is 10.9. The van der Waals surface area contributed by atoms with Crippen LogP contribution >= 0.6 is 12.4 Å². The fourth-order valence-electron chi connectivity index (χ4n) is 5.75. The van der Waals surface area contributed by atoms with E-state index in [1.54, 1.807) is 35.9 Å². The maximum Gasteiger partial charge on any atom is 0.354 e. The Morgan fingerprint density at radius 2 is 1.51 bits per heavy atom. The highest BCUT2D eigenvalue weighted by Crippen LogP contribution is 2.34. The number of piperazine rings is 1. The first-order valence-corrected chi connectivity index (χ1v) is 14.4. The Morgan fingerprint density at radius 1 is 0.951 bits per heavy atom. The number of nitrogens with zero attached hydrogens (tertiary/aromatic N) is 5. The third-order valence-corrected chi connectivity index (χ3v) is 8.25. The zero-order valence-electron chi connectivity index (χ0n) is 24.0. The third kappa shape index (κ3) is 7.65. The lowest BCUT2D eigenvalue weighted by Crippen LogP contribution is -2.58. The Hall–Kier alpha value is -2.99. The van der Waals surface area contributed by atoms with Crippen molar-refractivity contribution >= 4 is 30.2 Å². The second kappa shape index (κ2) is 12.9. The van der Waals surface area contributed by atoms with Crippen molar-refractivity contribution in [2.24, 2.45) is 11.5 Å². The highest BCUT2D eigenvalue weighted by molar-refractivity contribution is 5.89. The van der Waals surface area contributed by atoms with Gasteiger partial charge in [-0.3, -0.25) is 19.6 Å². The monoisotopic (exact) mass is 586 g/mol. The summed E-state index contributed by atoms with van der Waals surface area (Å²) in [5.74, 6) is 0.0530. The Bertz CT molecular complexity index is 1260. The minimum absolute atomic E-state index is 0. The van der Waals surface area contributed by atoms with Crippen LogP contribution in [0.4, 0.5) is 10.6 Å². The maximum atomic E-state index is 12.8. The lowest BCUT2D eigenvalue weighted by molar-refractivity contribution is -0.137. The highest BCUT2D eigenvalue weighted by atomic mass is 35.5. The molecule has 3 amide bonds. The molecule has 12 heteroatoms. The molecule has 1 aromatic carbocycles. The fourth-order valence-corrected chi connectivity index (χ4v) is 5.75. The number of nitrogens with one attached hydrogen (secondary N) is 1. The summed E-state index contributed by atoms with van der Waals surface area (Å²) in [7, 11) is 0. The summed E-state index contributed by atoms with van der Waals surface area (Å²) in [5.41, 5.74) is 12.6. The topological polar surface area (TPSA) is 143 Å². The van der Waals surface area contributed by atoms with Crippen molar-refractivity contribution in [3.05, 3.63) is 52.6 Å². The molecular weight excluding hydrogens is 544 g/mol. The second-order valence-corrected chi connectivity index (χ2v) is 12.0. The largest absolute Gasteiger partial charge is 0.354 e. The Kier molecular flexibility index (Phi) is 9.73. The molecule has 3 fully saturated rings. The minimum atomic E-state index is -0.945. The molecule has 5 N–H and O–H groups in total. The van der Waals surface area contributed by atoms with Gasteiger partial charge in [-0.25, -0.2) is 9.59 Å². The van der Waals surface area contributed by atoms with Crippen LogP contribution in [0.1, 0.15) is 57.9 Å². The molecule has 2 aliphatic carbocycles. The molecule has 41 heavy (non-hydrogen) atoms. The van der Waals surface area contributed by atoms with Gasteiger partial charge in [0.25, 0.3) is 0 Å². The molecule has 2 heterocycles. The van der Waals surface area contributed by atoms with E-state index in [0.29, 0.717) is 44.3 Å². The third-order valence-electron chi connectivity index (χ3n) is 8.25. The number of carbonyl (C=O) groups excluding carboxylic acids is 2. The first-order chi connectivity index (χ1) is 19.1.